The van der Waals surface area contributed by atoms with Crippen LogP contribution in [0, 0.1) is 5.92 Å². The van der Waals surface area contributed by atoms with Gasteiger partial charge >= 0.3 is 5.97 Å². The number of hydrogen-bond acceptors (Lipinski definition) is 3. The van der Waals surface area contributed by atoms with Crippen LogP contribution in [0.2, 0.25) is 0 Å². The van der Waals surface area contributed by atoms with Crippen LogP contribution >= 0.6 is 0 Å². The van der Waals surface area contributed by atoms with Crippen LogP contribution in [0.5, 0.6) is 0 Å². The van der Waals surface area contributed by atoms with Crippen molar-refractivity contribution in [3.63, 3.8) is 0 Å². The number of hydrogen-bond donors (Lipinski definition) is 0. The molecular formula is C12H17NO2. The molecule has 15 heavy (non-hydrogen) atoms. The first kappa shape index (κ1) is 11.7. The van der Waals surface area contributed by atoms with Crippen LogP contribution in [-0.2, 0) is 16.0 Å². The monoisotopic (exact) mass is 207 g/mol. The lowest BCUT2D eigenvalue weighted by Gasteiger charge is -2.05. The second-order valence-electron chi connectivity index (χ2n) is 3.89. The van der Waals surface area contributed by atoms with E-state index in [4.69, 9.17) is 4.74 Å². The molecule has 0 unspecified atom stereocenters. The minimum Gasteiger partial charge on any atom is -0.465 e. The summed E-state index contributed by atoms with van der Waals surface area (Å²) in [4.78, 5) is 15.3. The zero-order valence-electron chi connectivity index (χ0n) is 9.27. The molecule has 3 nitrogen and oxygen atoms in total. The SMILES string of the molecule is CC(C)CC(=O)OCCc1ccccn1. The van der Waals surface area contributed by atoms with Crippen molar-refractivity contribution in [3.8, 4) is 0 Å². The smallest absolute Gasteiger partial charge is 0.306 e. The third kappa shape index (κ3) is 5.15. The van der Waals surface area contributed by atoms with E-state index in [0.29, 0.717) is 25.4 Å². The van der Waals surface area contributed by atoms with Crippen molar-refractivity contribution in [2.45, 2.75) is 26.7 Å². The molecule has 0 fully saturated rings. The summed E-state index contributed by atoms with van der Waals surface area (Å²) in [7, 11) is 0. The maximum atomic E-state index is 11.2. The Labute approximate surface area is 90.5 Å². The number of carbonyl (C=O) groups excluding carboxylic acids is 1. The number of esters is 1. The Morgan fingerprint density at radius 2 is 2.27 bits per heavy atom. The van der Waals surface area contributed by atoms with Crippen LogP contribution in [0.3, 0.4) is 0 Å². The summed E-state index contributed by atoms with van der Waals surface area (Å²) in [5.74, 6) is 0.230. The lowest BCUT2D eigenvalue weighted by molar-refractivity contribution is -0.144. The Kier molecular flexibility index (Phi) is 4.81. The summed E-state index contributed by atoms with van der Waals surface area (Å²) < 4.78 is 5.08. The maximum absolute atomic E-state index is 11.2. The summed E-state index contributed by atoms with van der Waals surface area (Å²) in [5.41, 5.74) is 0.954. The molecule has 0 spiro atoms. The van der Waals surface area contributed by atoms with Gasteiger partial charge in [0.05, 0.1) is 6.61 Å². The molecule has 0 aliphatic heterocycles. The first-order valence-corrected chi connectivity index (χ1v) is 5.24. The van der Waals surface area contributed by atoms with Gasteiger partial charge in [-0.25, -0.2) is 0 Å². The van der Waals surface area contributed by atoms with Gasteiger partial charge in [-0.3, -0.25) is 9.78 Å². The fraction of sp³-hybridized carbons (Fsp3) is 0.500. The minimum absolute atomic E-state index is 0.124. The Bertz CT molecular complexity index is 296. The van der Waals surface area contributed by atoms with Gasteiger partial charge in [-0.2, -0.15) is 0 Å². The van der Waals surface area contributed by atoms with Gasteiger partial charge in [-0.1, -0.05) is 19.9 Å². The lowest BCUT2D eigenvalue weighted by Crippen LogP contribution is -2.10. The molecule has 1 heterocycles. The predicted octanol–water partition coefficient (Wildman–Crippen LogP) is 2.21. The standard InChI is InChI=1S/C12H17NO2/c1-10(2)9-12(14)15-8-6-11-5-3-4-7-13-11/h3-5,7,10H,6,8-9H2,1-2H3. The van der Waals surface area contributed by atoms with Gasteiger partial charge in [0, 0.05) is 24.7 Å². The number of nitrogens with zero attached hydrogens (tertiary/aromatic N) is 1. The Balaban J connectivity index is 2.19. The largest absolute Gasteiger partial charge is 0.465 e. The summed E-state index contributed by atoms with van der Waals surface area (Å²) in [6, 6.07) is 5.73. The zero-order valence-corrected chi connectivity index (χ0v) is 9.27. The summed E-state index contributed by atoms with van der Waals surface area (Å²) in [5, 5.41) is 0. The Morgan fingerprint density at radius 1 is 1.47 bits per heavy atom. The molecule has 0 saturated carbocycles. The molecule has 0 atom stereocenters. The van der Waals surface area contributed by atoms with Crippen LogP contribution in [-0.4, -0.2) is 17.6 Å². The lowest BCUT2D eigenvalue weighted by atomic mass is 10.1. The van der Waals surface area contributed by atoms with Gasteiger partial charge in [0.2, 0.25) is 0 Å². The molecule has 1 aromatic heterocycles. The zero-order chi connectivity index (χ0) is 11.1. The quantitative estimate of drug-likeness (QED) is 0.695. The second kappa shape index (κ2) is 6.17. The van der Waals surface area contributed by atoms with Crippen LogP contribution < -0.4 is 0 Å². The minimum atomic E-state index is -0.124. The van der Waals surface area contributed by atoms with E-state index in [0.717, 1.165) is 5.69 Å². The predicted molar refractivity (Wildman–Crippen MR) is 58.4 cm³/mol. The molecule has 0 N–H and O–H groups in total. The topological polar surface area (TPSA) is 39.2 Å². The molecule has 0 aliphatic carbocycles. The molecule has 82 valence electrons. The van der Waals surface area contributed by atoms with E-state index in [1.807, 2.05) is 32.0 Å². The molecular weight excluding hydrogens is 190 g/mol. The summed E-state index contributed by atoms with van der Waals surface area (Å²) >= 11 is 0. The van der Waals surface area contributed by atoms with Gasteiger partial charge in [-0.15, -0.1) is 0 Å². The van der Waals surface area contributed by atoms with E-state index in [9.17, 15) is 4.79 Å². The van der Waals surface area contributed by atoms with E-state index in [1.54, 1.807) is 6.20 Å². The maximum Gasteiger partial charge on any atom is 0.306 e. The molecule has 0 saturated heterocycles. The van der Waals surface area contributed by atoms with Crippen LogP contribution in [0.25, 0.3) is 0 Å². The van der Waals surface area contributed by atoms with E-state index in [1.165, 1.54) is 0 Å². The second-order valence-corrected chi connectivity index (χ2v) is 3.89. The van der Waals surface area contributed by atoms with Gasteiger partial charge in [0.1, 0.15) is 0 Å². The third-order valence-corrected chi connectivity index (χ3v) is 1.92. The van der Waals surface area contributed by atoms with Crippen LogP contribution in [0.15, 0.2) is 24.4 Å². The van der Waals surface area contributed by atoms with Crippen molar-refractivity contribution in [1.29, 1.82) is 0 Å². The highest BCUT2D eigenvalue weighted by Gasteiger charge is 2.05. The average Bonchev–Trinajstić information content (AvgIpc) is 2.18. The Morgan fingerprint density at radius 3 is 2.87 bits per heavy atom. The summed E-state index contributed by atoms with van der Waals surface area (Å²) in [6.07, 6.45) is 2.91. The van der Waals surface area contributed by atoms with E-state index in [2.05, 4.69) is 4.98 Å². The number of rotatable bonds is 5. The van der Waals surface area contributed by atoms with Crippen LogP contribution in [0.1, 0.15) is 26.0 Å². The van der Waals surface area contributed by atoms with Crippen LogP contribution in [0.4, 0.5) is 0 Å². The molecule has 0 aliphatic rings. The Hall–Kier alpha value is -1.38. The molecule has 1 aromatic rings. The van der Waals surface area contributed by atoms with Gasteiger partial charge < -0.3 is 4.74 Å². The van der Waals surface area contributed by atoms with Crippen molar-refractivity contribution in [2.75, 3.05) is 6.61 Å². The highest BCUT2D eigenvalue weighted by molar-refractivity contribution is 5.69. The van der Waals surface area contributed by atoms with Gasteiger partial charge in [-0.05, 0) is 18.1 Å². The number of carbonyl (C=O) groups is 1. The fourth-order valence-corrected chi connectivity index (χ4v) is 1.21. The normalized spacial score (nSPS) is 10.3. The fourth-order valence-electron chi connectivity index (χ4n) is 1.21. The molecule has 0 radical (unpaired) electrons. The van der Waals surface area contributed by atoms with E-state index < -0.39 is 0 Å². The first-order valence-electron chi connectivity index (χ1n) is 5.24. The number of pyridine rings is 1. The van der Waals surface area contributed by atoms with Crippen molar-refractivity contribution in [2.24, 2.45) is 5.92 Å². The average molecular weight is 207 g/mol. The third-order valence-electron chi connectivity index (χ3n) is 1.92. The van der Waals surface area contributed by atoms with E-state index >= 15 is 0 Å². The highest BCUT2D eigenvalue weighted by atomic mass is 16.5. The molecule has 0 aromatic carbocycles. The van der Waals surface area contributed by atoms with Crippen molar-refractivity contribution in [3.05, 3.63) is 30.1 Å². The van der Waals surface area contributed by atoms with Gasteiger partial charge in [0.15, 0.2) is 0 Å². The molecule has 0 bridgehead atoms. The summed E-state index contributed by atoms with van der Waals surface area (Å²) in [6.45, 7) is 4.42. The number of aromatic nitrogens is 1. The van der Waals surface area contributed by atoms with Crippen molar-refractivity contribution < 1.29 is 9.53 Å². The van der Waals surface area contributed by atoms with Crippen molar-refractivity contribution >= 4 is 5.97 Å². The number of ether oxygens (including phenoxy) is 1. The molecule has 3 heteroatoms. The molecule has 0 amide bonds. The first-order chi connectivity index (χ1) is 7.18. The van der Waals surface area contributed by atoms with Gasteiger partial charge in [0.25, 0.3) is 0 Å². The van der Waals surface area contributed by atoms with E-state index in [-0.39, 0.29) is 5.97 Å². The highest BCUT2D eigenvalue weighted by Crippen LogP contribution is 2.02. The molecule has 1 rings (SSSR count). The van der Waals surface area contributed by atoms with Crippen molar-refractivity contribution in [1.82, 2.24) is 4.98 Å².